The average Bonchev–Trinajstić information content (AvgIpc) is 2.27. The molecule has 3 nitrogen and oxygen atoms in total. The highest BCUT2D eigenvalue weighted by molar-refractivity contribution is 9.10. The molecule has 0 aliphatic rings. The van der Waals surface area contributed by atoms with Crippen LogP contribution in [0.3, 0.4) is 0 Å². The Hall–Kier alpha value is -0.870. The van der Waals surface area contributed by atoms with Crippen LogP contribution >= 0.6 is 15.9 Å². The molecule has 0 aliphatic heterocycles. The molecule has 1 unspecified atom stereocenters. The monoisotopic (exact) mass is 327 g/mol. The van der Waals surface area contributed by atoms with Gasteiger partial charge in [0.15, 0.2) is 0 Å². The molecule has 106 valence electrons. The summed E-state index contributed by atoms with van der Waals surface area (Å²) in [6, 6.07) is 5.63. The Labute approximate surface area is 123 Å². The number of amides is 1. The van der Waals surface area contributed by atoms with Crippen molar-refractivity contribution in [3.8, 4) is 0 Å². The topological polar surface area (TPSA) is 49.3 Å². The predicted molar refractivity (Wildman–Crippen MR) is 81.3 cm³/mol. The molecule has 0 radical (unpaired) electrons. The van der Waals surface area contributed by atoms with Gasteiger partial charge in [0.1, 0.15) is 0 Å². The van der Waals surface area contributed by atoms with Crippen molar-refractivity contribution in [2.75, 3.05) is 6.54 Å². The van der Waals surface area contributed by atoms with E-state index < -0.39 is 5.60 Å². The minimum Gasteiger partial charge on any atom is -0.388 e. The quantitative estimate of drug-likeness (QED) is 0.871. The maximum absolute atomic E-state index is 12.1. The number of hydrogen-bond donors (Lipinski definition) is 2. The summed E-state index contributed by atoms with van der Waals surface area (Å²) in [5.41, 5.74) is 0.753. The molecule has 1 amide bonds. The third-order valence-corrected chi connectivity index (χ3v) is 3.54. The number of nitrogens with one attached hydrogen (secondary N) is 1. The first kappa shape index (κ1) is 16.2. The van der Waals surface area contributed by atoms with E-state index in [2.05, 4.69) is 21.2 Å². The molecule has 1 atom stereocenters. The Morgan fingerprint density at radius 2 is 2.11 bits per heavy atom. The van der Waals surface area contributed by atoms with Crippen LogP contribution in [-0.2, 0) is 0 Å². The highest BCUT2D eigenvalue weighted by Gasteiger charge is 2.23. The molecular formula is C15H22BrNO2. The second-order valence-electron chi connectivity index (χ2n) is 5.76. The third kappa shape index (κ3) is 5.33. The number of aliphatic hydroxyl groups is 1. The molecule has 0 bridgehead atoms. The maximum Gasteiger partial charge on any atom is 0.252 e. The van der Waals surface area contributed by atoms with E-state index in [0.29, 0.717) is 17.9 Å². The fraction of sp³-hybridized carbons (Fsp3) is 0.533. The summed E-state index contributed by atoms with van der Waals surface area (Å²) < 4.78 is 0.763. The molecule has 19 heavy (non-hydrogen) atoms. The van der Waals surface area contributed by atoms with Crippen molar-refractivity contribution in [3.05, 3.63) is 33.8 Å². The van der Waals surface area contributed by atoms with Crippen LogP contribution in [0.2, 0.25) is 0 Å². The second kappa shape index (κ2) is 6.53. The molecular weight excluding hydrogens is 306 g/mol. The summed E-state index contributed by atoms with van der Waals surface area (Å²) in [6.45, 7) is 8.04. The van der Waals surface area contributed by atoms with Crippen LogP contribution in [-0.4, -0.2) is 23.2 Å². The first-order chi connectivity index (χ1) is 8.71. The van der Waals surface area contributed by atoms with Crippen molar-refractivity contribution in [2.24, 2.45) is 5.92 Å². The molecule has 4 heteroatoms. The maximum atomic E-state index is 12.1. The van der Waals surface area contributed by atoms with Gasteiger partial charge in [0, 0.05) is 11.0 Å². The molecule has 0 saturated carbocycles. The smallest absolute Gasteiger partial charge is 0.252 e. The molecule has 0 aromatic heterocycles. The molecule has 1 aromatic carbocycles. The lowest BCUT2D eigenvalue weighted by Crippen LogP contribution is -2.41. The van der Waals surface area contributed by atoms with Gasteiger partial charge in [-0.2, -0.15) is 0 Å². The molecule has 2 N–H and O–H groups in total. The van der Waals surface area contributed by atoms with Gasteiger partial charge in [0.25, 0.3) is 5.91 Å². The SMILES string of the molecule is Cc1ccc(Br)c(C(=O)NCC(C)(O)CC(C)C)c1. The largest absolute Gasteiger partial charge is 0.388 e. The Kier molecular flexibility index (Phi) is 5.56. The van der Waals surface area contributed by atoms with Crippen LogP contribution in [0.5, 0.6) is 0 Å². The highest BCUT2D eigenvalue weighted by Crippen LogP contribution is 2.19. The fourth-order valence-corrected chi connectivity index (χ4v) is 2.56. The van der Waals surface area contributed by atoms with Crippen LogP contribution in [0, 0.1) is 12.8 Å². The summed E-state index contributed by atoms with van der Waals surface area (Å²) in [5, 5.41) is 13.0. The fourth-order valence-electron chi connectivity index (χ4n) is 2.13. The Balaban J connectivity index is 2.68. The van der Waals surface area contributed by atoms with E-state index in [1.54, 1.807) is 6.92 Å². The van der Waals surface area contributed by atoms with Gasteiger partial charge in [-0.3, -0.25) is 4.79 Å². The van der Waals surface area contributed by atoms with E-state index in [9.17, 15) is 9.90 Å². The molecule has 0 aliphatic carbocycles. The summed E-state index contributed by atoms with van der Waals surface area (Å²) in [7, 11) is 0. The van der Waals surface area contributed by atoms with Crippen LogP contribution in [0.4, 0.5) is 0 Å². The number of hydrogen-bond acceptors (Lipinski definition) is 2. The van der Waals surface area contributed by atoms with Crippen LogP contribution < -0.4 is 5.32 Å². The van der Waals surface area contributed by atoms with E-state index >= 15 is 0 Å². The molecule has 0 spiro atoms. The van der Waals surface area contributed by atoms with E-state index in [1.165, 1.54) is 0 Å². The van der Waals surface area contributed by atoms with Crippen molar-refractivity contribution in [1.82, 2.24) is 5.32 Å². The summed E-state index contributed by atoms with van der Waals surface area (Å²) in [6.07, 6.45) is 0.655. The van der Waals surface area contributed by atoms with Gasteiger partial charge < -0.3 is 10.4 Å². The Morgan fingerprint density at radius 3 is 2.68 bits per heavy atom. The Bertz CT molecular complexity index is 455. The summed E-state index contributed by atoms with van der Waals surface area (Å²) >= 11 is 3.37. The summed E-state index contributed by atoms with van der Waals surface area (Å²) in [4.78, 5) is 12.1. The van der Waals surface area contributed by atoms with E-state index in [-0.39, 0.29) is 12.5 Å². The normalized spacial score (nSPS) is 14.3. The van der Waals surface area contributed by atoms with Crippen LogP contribution in [0.1, 0.15) is 43.1 Å². The van der Waals surface area contributed by atoms with E-state index in [4.69, 9.17) is 0 Å². The number of carbonyl (C=O) groups is 1. The zero-order chi connectivity index (χ0) is 14.6. The molecule has 1 aromatic rings. The molecule has 0 fully saturated rings. The van der Waals surface area contributed by atoms with Crippen molar-refractivity contribution in [1.29, 1.82) is 0 Å². The van der Waals surface area contributed by atoms with Gasteiger partial charge >= 0.3 is 0 Å². The minimum absolute atomic E-state index is 0.167. The number of aryl methyl sites for hydroxylation is 1. The van der Waals surface area contributed by atoms with Gasteiger partial charge in [-0.05, 0) is 54.2 Å². The zero-order valence-corrected chi connectivity index (χ0v) is 13.5. The van der Waals surface area contributed by atoms with Gasteiger partial charge in [-0.15, -0.1) is 0 Å². The third-order valence-electron chi connectivity index (χ3n) is 2.84. The number of carbonyl (C=O) groups excluding carboxylic acids is 1. The zero-order valence-electron chi connectivity index (χ0n) is 12.0. The van der Waals surface area contributed by atoms with Gasteiger partial charge in [0.2, 0.25) is 0 Å². The minimum atomic E-state index is -0.875. The number of halogens is 1. The van der Waals surface area contributed by atoms with E-state index in [0.717, 1.165) is 10.0 Å². The number of benzene rings is 1. The van der Waals surface area contributed by atoms with Crippen molar-refractivity contribution in [3.63, 3.8) is 0 Å². The number of rotatable bonds is 5. The van der Waals surface area contributed by atoms with Gasteiger partial charge in [-0.25, -0.2) is 0 Å². The lowest BCUT2D eigenvalue weighted by atomic mass is 9.94. The molecule has 0 saturated heterocycles. The van der Waals surface area contributed by atoms with Gasteiger partial charge in [-0.1, -0.05) is 25.5 Å². The highest BCUT2D eigenvalue weighted by atomic mass is 79.9. The second-order valence-corrected chi connectivity index (χ2v) is 6.62. The molecule has 1 rings (SSSR count). The van der Waals surface area contributed by atoms with Crippen LogP contribution in [0.15, 0.2) is 22.7 Å². The van der Waals surface area contributed by atoms with Crippen molar-refractivity contribution >= 4 is 21.8 Å². The van der Waals surface area contributed by atoms with Crippen LogP contribution in [0.25, 0.3) is 0 Å². The van der Waals surface area contributed by atoms with Gasteiger partial charge in [0.05, 0.1) is 11.2 Å². The van der Waals surface area contributed by atoms with Crippen molar-refractivity contribution in [2.45, 2.75) is 39.7 Å². The molecule has 0 heterocycles. The lowest BCUT2D eigenvalue weighted by Gasteiger charge is -2.25. The van der Waals surface area contributed by atoms with E-state index in [1.807, 2.05) is 39.0 Å². The first-order valence-electron chi connectivity index (χ1n) is 6.48. The average molecular weight is 328 g/mol. The first-order valence-corrected chi connectivity index (χ1v) is 7.27. The summed E-state index contributed by atoms with van der Waals surface area (Å²) in [5.74, 6) is 0.220. The Morgan fingerprint density at radius 1 is 1.47 bits per heavy atom. The lowest BCUT2D eigenvalue weighted by molar-refractivity contribution is 0.0368. The van der Waals surface area contributed by atoms with Crippen molar-refractivity contribution < 1.29 is 9.90 Å². The predicted octanol–water partition coefficient (Wildman–Crippen LogP) is 3.28. The standard InChI is InChI=1S/C15H22BrNO2/c1-10(2)8-15(4,19)9-17-14(18)12-7-11(3)5-6-13(12)16/h5-7,10,19H,8-9H2,1-4H3,(H,17,18).